The first-order valence-corrected chi connectivity index (χ1v) is 15.7. The summed E-state index contributed by atoms with van der Waals surface area (Å²) in [6.45, 7) is 3.13. The highest BCUT2D eigenvalue weighted by molar-refractivity contribution is 6.31. The number of piperidine rings is 1. The fourth-order valence-electron chi connectivity index (χ4n) is 6.02. The van der Waals surface area contributed by atoms with E-state index in [0.717, 1.165) is 44.5 Å². The fraction of sp³-hybridized carbons (Fsp3) is 0.286. The predicted octanol–water partition coefficient (Wildman–Crippen LogP) is 6.79. The van der Waals surface area contributed by atoms with E-state index >= 15 is 0 Å². The summed E-state index contributed by atoms with van der Waals surface area (Å²) in [5.74, 6) is -0.283. The van der Waals surface area contributed by atoms with Crippen LogP contribution < -0.4 is 15.6 Å². The van der Waals surface area contributed by atoms with E-state index < -0.39 is 5.91 Å². The average molecular weight is 631 g/mol. The molecule has 7 nitrogen and oxygen atoms in total. The van der Waals surface area contributed by atoms with Crippen molar-refractivity contribution < 1.29 is 14.0 Å². The molecule has 2 amide bonds. The molecule has 1 aromatic heterocycles. The number of halogens is 2. The normalized spacial score (nSPS) is 16.0. The van der Waals surface area contributed by atoms with Gasteiger partial charge in [0.15, 0.2) is 11.2 Å². The van der Waals surface area contributed by atoms with Gasteiger partial charge in [0, 0.05) is 54.4 Å². The van der Waals surface area contributed by atoms with E-state index in [1.54, 1.807) is 12.1 Å². The summed E-state index contributed by atoms with van der Waals surface area (Å²) < 4.78 is 5.80. The standard InChI is InChI=1S/C35H33Cl2N3O4/c36-26-9-7-23(8-10-26)18-28(38-35(43)33-21-31(41)29-20-27(37)11-12-32(29)44-33)19-24-13-16-39(17-14-24)30-5-2-1-4-25(30)22-40-15-3-6-34(40)42/h1-2,4-5,7-12,19-21,28H,3,6,13-18,22H2,(H,38,43)/t28-/m1/s1. The zero-order valence-corrected chi connectivity index (χ0v) is 25.7. The minimum Gasteiger partial charge on any atom is -0.451 e. The lowest BCUT2D eigenvalue weighted by Gasteiger charge is -2.33. The van der Waals surface area contributed by atoms with E-state index in [2.05, 4.69) is 28.4 Å². The summed E-state index contributed by atoms with van der Waals surface area (Å²) in [5.41, 5.74) is 4.60. The van der Waals surface area contributed by atoms with Crippen LogP contribution in [0.1, 0.15) is 47.4 Å². The highest BCUT2D eigenvalue weighted by Gasteiger charge is 2.24. The second-order valence-electron chi connectivity index (χ2n) is 11.4. The SMILES string of the molecule is O=C(N[C@@H](C=C1CCN(c2ccccc2CN2CCCC2=O)CC1)Cc1ccc(Cl)cc1)c1cc(=O)c2cc(Cl)ccc2o1. The smallest absolute Gasteiger partial charge is 0.287 e. The fourth-order valence-corrected chi connectivity index (χ4v) is 6.32. The molecule has 3 aromatic carbocycles. The first-order valence-electron chi connectivity index (χ1n) is 14.9. The summed E-state index contributed by atoms with van der Waals surface area (Å²) in [4.78, 5) is 42.7. The van der Waals surface area contributed by atoms with Gasteiger partial charge in [0.1, 0.15) is 5.58 Å². The molecule has 9 heteroatoms. The molecule has 2 aliphatic heterocycles. The van der Waals surface area contributed by atoms with Gasteiger partial charge >= 0.3 is 0 Å². The Labute approximate surface area is 266 Å². The molecule has 1 N–H and O–H groups in total. The van der Waals surface area contributed by atoms with E-state index in [1.165, 1.54) is 29.0 Å². The molecule has 0 aliphatic carbocycles. The number of benzene rings is 3. The van der Waals surface area contributed by atoms with Gasteiger partial charge < -0.3 is 19.5 Å². The van der Waals surface area contributed by atoms with E-state index in [4.69, 9.17) is 27.6 Å². The van der Waals surface area contributed by atoms with Crippen LogP contribution in [-0.2, 0) is 17.8 Å². The van der Waals surface area contributed by atoms with Crippen molar-refractivity contribution in [2.45, 2.75) is 44.7 Å². The number of hydrogen-bond acceptors (Lipinski definition) is 5. The summed E-state index contributed by atoms with van der Waals surface area (Å²) in [7, 11) is 0. The molecule has 2 aliphatic rings. The lowest BCUT2D eigenvalue weighted by molar-refractivity contribution is -0.128. The third-order valence-corrected chi connectivity index (χ3v) is 8.79. The molecular weight excluding hydrogens is 597 g/mol. The number of fused-ring (bicyclic) bond motifs is 1. The lowest BCUT2D eigenvalue weighted by Crippen LogP contribution is -2.37. The quantitative estimate of drug-likeness (QED) is 0.217. The van der Waals surface area contributed by atoms with Gasteiger partial charge in [-0.05, 0) is 73.2 Å². The van der Waals surface area contributed by atoms with Crippen LogP contribution in [0.5, 0.6) is 0 Å². The highest BCUT2D eigenvalue weighted by atomic mass is 35.5. The van der Waals surface area contributed by atoms with E-state index in [1.807, 2.05) is 41.3 Å². The summed E-state index contributed by atoms with van der Waals surface area (Å²) in [6, 6.07) is 21.5. The molecule has 0 spiro atoms. The number of amides is 2. The zero-order chi connectivity index (χ0) is 30.6. The van der Waals surface area contributed by atoms with Gasteiger partial charge in [-0.15, -0.1) is 0 Å². The molecule has 226 valence electrons. The number of rotatable bonds is 8. The van der Waals surface area contributed by atoms with Gasteiger partial charge in [-0.2, -0.15) is 0 Å². The molecule has 6 rings (SSSR count). The minimum atomic E-state index is -0.461. The van der Waals surface area contributed by atoms with Gasteiger partial charge in [-0.1, -0.05) is 65.2 Å². The number of anilines is 1. The third-order valence-electron chi connectivity index (χ3n) is 8.31. The topological polar surface area (TPSA) is 82.9 Å². The Kier molecular flexibility index (Phi) is 9.05. The largest absolute Gasteiger partial charge is 0.451 e. The summed E-state index contributed by atoms with van der Waals surface area (Å²) in [5, 5.41) is 4.48. The third kappa shape index (κ3) is 7.01. The van der Waals surface area contributed by atoms with E-state index in [-0.39, 0.29) is 23.1 Å². The molecule has 2 fully saturated rings. The Morgan fingerprint density at radius 2 is 1.66 bits per heavy atom. The molecule has 0 saturated carbocycles. The molecule has 0 radical (unpaired) electrons. The van der Waals surface area contributed by atoms with Crippen LogP contribution >= 0.6 is 23.2 Å². The van der Waals surface area contributed by atoms with Crippen LogP contribution in [-0.4, -0.2) is 42.4 Å². The van der Waals surface area contributed by atoms with Crippen molar-refractivity contribution in [2.75, 3.05) is 24.5 Å². The molecule has 2 saturated heterocycles. The molecule has 44 heavy (non-hydrogen) atoms. The Morgan fingerprint density at radius 3 is 2.41 bits per heavy atom. The van der Waals surface area contributed by atoms with Gasteiger partial charge in [0.05, 0.1) is 11.4 Å². The van der Waals surface area contributed by atoms with Crippen LogP contribution in [0.2, 0.25) is 10.0 Å². The highest BCUT2D eigenvalue weighted by Crippen LogP contribution is 2.29. The summed E-state index contributed by atoms with van der Waals surface area (Å²) in [6.07, 6.45) is 5.93. The number of likely N-dealkylation sites (tertiary alicyclic amines) is 1. The molecule has 0 bridgehead atoms. The molecule has 3 heterocycles. The van der Waals surface area contributed by atoms with Crippen molar-refractivity contribution in [3.05, 3.63) is 122 Å². The van der Waals surface area contributed by atoms with Gasteiger partial charge in [-0.3, -0.25) is 14.4 Å². The second kappa shape index (κ2) is 13.3. The number of hydrogen-bond donors (Lipinski definition) is 1. The van der Waals surface area contributed by atoms with Gasteiger partial charge in [0.2, 0.25) is 5.91 Å². The maximum absolute atomic E-state index is 13.4. The van der Waals surface area contributed by atoms with Crippen molar-refractivity contribution >= 4 is 51.7 Å². The minimum absolute atomic E-state index is 0.0489. The van der Waals surface area contributed by atoms with E-state index in [0.29, 0.717) is 40.4 Å². The maximum Gasteiger partial charge on any atom is 0.287 e. The van der Waals surface area contributed by atoms with Crippen LogP contribution in [0.25, 0.3) is 11.0 Å². The van der Waals surface area contributed by atoms with E-state index in [9.17, 15) is 14.4 Å². The van der Waals surface area contributed by atoms with Crippen LogP contribution in [0.15, 0.2) is 93.7 Å². The molecule has 1 atom stereocenters. The van der Waals surface area contributed by atoms with Gasteiger partial charge in [-0.25, -0.2) is 0 Å². The summed E-state index contributed by atoms with van der Waals surface area (Å²) >= 11 is 12.2. The first-order chi connectivity index (χ1) is 21.3. The van der Waals surface area contributed by atoms with Crippen molar-refractivity contribution in [3.8, 4) is 0 Å². The van der Waals surface area contributed by atoms with Crippen LogP contribution in [0.3, 0.4) is 0 Å². The lowest BCUT2D eigenvalue weighted by atomic mass is 9.97. The van der Waals surface area contributed by atoms with Crippen molar-refractivity contribution in [1.29, 1.82) is 0 Å². The predicted molar refractivity (Wildman–Crippen MR) is 175 cm³/mol. The number of nitrogens with one attached hydrogen (secondary N) is 1. The Balaban J connectivity index is 1.19. The molecule has 4 aromatic rings. The number of para-hydroxylation sites is 1. The number of nitrogens with zero attached hydrogens (tertiary/aromatic N) is 2. The Hall–Kier alpha value is -4.07. The second-order valence-corrected chi connectivity index (χ2v) is 12.3. The number of carbonyl (C=O) groups excluding carboxylic acids is 2. The van der Waals surface area contributed by atoms with Crippen molar-refractivity contribution in [1.82, 2.24) is 10.2 Å². The number of carbonyl (C=O) groups is 2. The first kappa shape index (κ1) is 30.0. The Morgan fingerprint density at radius 1 is 0.909 bits per heavy atom. The van der Waals surface area contributed by atoms with Crippen molar-refractivity contribution in [2.24, 2.45) is 0 Å². The van der Waals surface area contributed by atoms with Crippen molar-refractivity contribution in [3.63, 3.8) is 0 Å². The average Bonchev–Trinajstić information content (AvgIpc) is 3.43. The maximum atomic E-state index is 13.4. The zero-order valence-electron chi connectivity index (χ0n) is 24.2. The van der Waals surface area contributed by atoms with Crippen LogP contribution in [0.4, 0.5) is 5.69 Å². The molecule has 0 unspecified atom stereocenters. The monoisotopic (exact) mass is 629 g/mol. The molecular formula is C35H33Cl2N3O4. The van der Waals surface area contributed by atoms with Crippen LogP contribution in [0, 0.1) is 0 Å². The van der Waals surface area contributed by atoms with Gasteiger partial charge in [0.25, 0.3) is 5.91 Å². The Bertz CT molecular complexity index is 1770.